The number of nitrogens with zero attached hydrogens (tertiary/aromatic N) is 9. The van der Waals surface area contributed by atoms with E-state index in [1.165, 1.54) is 81.5 Å². The fourth-order valence-corrected chi connectivity index (χ4v) is 15.7. The van der Waals surface area contributed by atoms with Crippen molar-refractivity contribution in [1.82, 2.24) is 60.0 Å². The van der Waals surface area contributed by atoms with Crippen molar-refractivity contribution in [2.24, 2.45) is 11.8 Å². The van der Waals surface area contributed by atoms with E-state index in [1.54, 1.807) is 43.0 Å². The van der Waals surface area contributed by atoms with Gasteiger partial charge in [-0.25, -0.2) is 0 Å². The number of allylic oxidation sites excluding steroid dienone is 1. The Morgan fingerprint density at radius 3 is 1.94 bits per heavy atom. The Balaban J connectivity index is 1.27. The maximum Gasteiger partial charge on any atom is 0.248 e. The standard InChI is InChI=1S/C77H110Cl2N12O13/c1-12-49(5)66-74(101)84(7)48-65(94)86(9)59-28-21-18-22-41-90(73(59)100)62-43-52-31-29-50(30-32-52)26-19-16-17-20-27-58(68(95)81-66)85(8)64(93)45-61(72(99)89-39-23-24-40-89)87(10)75(102)67(53(13-2)14-3)88(11)76(103)77(37-25-38-77)82-69(96)60-44-54(104-15-4)46-91(60)70(97)57(80-63(92)47-83(6)71(62)98)36-34-51-33-35-55(78)56(79)42-51/h18-19,21,26,29-33,35,42,49,53-54,57-62,66-67H,12-17,20,22-25,27-28,34,36-41,43-48H2,1-11H3,(H,80,92)(H,81,95)(H,82,96)/b21-18-,26-19+/t49-,54+,57-,58-,59-,60-,61-,62-,66-,67-/m0/s1. The summed E-state index contributed by atoms with van der Waals surface area (Å²) in [6.45, 7) is 9.06. The molecule has 11 rings (SSSR count). The highest BCUT2D eigenvalue weighted by molar-refractivity contribution is 6.42. The highest BCUT2D eigenvalue weighted by atomic mass is 35.5. The molecule has 8 aliphatic heterocycles. The molecule has 25 nitrogen and oxygen atoms in total. The van der Waals surface area contributed by atoms with Gasteiger partial charge in [-0.1, -0.05) is 131 Å². The van der Waals surface area contributed by atoms with Gasteiger partial charge in [0.15, 0.2) is 0 Å². The van der Waals surface area contributed by atoms with Gasteiger partial charge < -0.3 is 64.8 Å². The van der Waals surface area contributed by atoms with Gasteiger partial charge in [0.05, 0.1) is 35.7 Å². The van der Waals surface area contributed by atoms with Crippen molar-refractivity contribution < 1.29 is 62.3 Å². The predicted molar refractivity (Wildman–Crippen MR) is 396 cm³/mol. The molecule has 27 heteroatoms. The van der Waals surface area contributed by atoms with E-state index in [0.717, 1.165) is 5.56 Å². The zero-order valence-corrected chi connectivity index (χ0v) is 64.2. The third-order valence-electron chi connectivity index (χ3n) is 22.4. The number of nitrogens with one attached hydrogen (secondary N) is 3. The minimum atomic E-state index is -1.55. The van der Waals surface area contributed by atoms with Crippen LogP contribution in [-0.4, -0.2) is 263 Å². The van der Waals surface area contributed by atoms with Crippen LogP contribution in [-0.2, 0) is 75.1 Å². The minimum absolute atomic E-state index is 0.0111. The Hall–Kier alpha value is -7.90. The number of aryl methyl sites for hydroxylation is 1. The first kappa shape index (κ1) is 81.8. The molecule has 1 aliphatic carbocycles. The van der Waals surface area contributed by atoms with Crippen LogP contribution >= 0.6 is 23.2 Å². The molecule has 2 aromatic carbocycles. The van der Waals surface area contributed by atoms with Gasteiger partial charge in [-0.2, -0.15) is 0 Å². The summed E-state index contributed by atoms with van der Waals surface area (Å²) in [5, 5.41) is 9.54. The van der Waals surface area contributed by atoms with E-state index in [4.69, 9.17) is 27.9 Å². The van der Waals surface area contributed by atoms with Gasteiger partial charge in [0, 0.05) is 87.9 Å². The highest BCUT2D eigenvalue weighted by Gasteiger charge is 2.53. The summed E-state index contributed by atoms with van der Waals surface area (Å²) in [4.78, 5) is 195. The number of carbonyl (C=O) groups is 12. The lowest BCUT2D eigenvalue weighted by Gasteiger charge is -2.47. The summed E-state index contributed by atoms with van der Waals surface area (Å²) in [5.41, 5.74) is 0.626. The van der Waals surface area contributed by atoms with Crippen molar-refractivity contribution in [2.75, 3.05) is 88.2 Å². The second kappa shape index (κ2) is 37.4. The highest BCUT2D eigenvalue weighted by Crippen LogP contribution is 2.37. The van der Waals surface area contributed by atoms with Gasteiger partial charge in [-0.05, 0) is 125 Å². The lowest BCUT2D eigenvalue weighted by molar-refractivity contribution is -0.158. The van der Waals surface area contributed by atoms with Gasteiger partial charge in [0.2, 0.25) is 70.9 Å². The van der Waals surface area contributed by atoms with E-state index in [-0.39, 0.29) is 76.1 Å². The molecule has 4 fully saturated rings. The monoisotopic (exact) mass is 1480 g/mol. The van der Waals surface area contributed by atoms with Gasteiger partial charge in [0.25, 0.3) is 0 Å². The molecule has 10 atom stereocenters. The molecule has 3 N–H and O–H groups in total. The molecule has 0 unspecified atom stereocenters. The first-order chi connectivity index (χ1) is 49.6. The SMILES string of the molecule is CCO[C@@H]1C[C@H]2C(=O)NC3(CCC3)C(=O)N(C)[C@@H](C(CC)CC)C(=O)N(C)[C@H](C(=O)N3CCCC3)CC(=O)N(C)[C@H]3CCCC/C=C/c4ccc(cc4)C[C@@H](C(=O)N(C)CC(=O)N[C@@H](CCc4ccc(Cl)c(Cl)c4)C(=O)N2C1)N1CC/C=C\C[C@@H](C1=O)N(C)C(=O)CN(C)C(=O)[C@H]([C@@H](C)CC)NC3=O. The van der Waals surface area contributed by atoms with Crippen LogP contribution in [0.1, 0.15) is 160 Å². The molecule has 1 spiro atoms. The summed E-state index contributed by atoms with van der Waals surface area (Å²) in [6, 6.07) is 2.50. The summed E-state index contributed by atoms with van der Waals surface area (Å²) in [7, 11) is 8.76. The van der Waals surface area contributed by atoms with E-state index < -0.39 is 162 Å². The number of benzene rings is 2. The normalized spacial score (nSPS) is 27.3. The molecule has 104 heavy (non-hydrogen) atoms. The van der Waals surface area contributed by atoms with Crippen LogP contribution in [0.4, 0.5) is 0 Å². The van der Waals surface area contributed by atoms with E-state index in [0.29, 0.717) is 93.4 Å². The van der Waals surface area contributed by atoms with Crippen LogP contribution < -0.4 is 16.0 Å². The zero-order chi connectivity index (χ0) is 75.9. The average Bonchev–Trinajstić information content (AvgIpc) is 1.11. The Morgan fingerprint density at radius 1 is 0.615 bits per heavy atom. The number of likely N-dealkylation sites (tertiary alicyclic amines) is 1. The fourth-order valence-electron chi connectivity index (χ4n) is 15.4. The van der Waals surface area contributed by atoms with Crippen molar-refractivity contribution in [1.29, 1.82) is 0 Å². The van der Waals surface area contributed by atoms with Crippen LogP contribution in [0.25, 0.3) is 6.08 Å². The molecule has 570 valence electrons. The largest absolute Gasteiger partial charge is 0.377 e. The van der Waals surface area contributed by atoms with Crippen molar-refractivity contribution in [3.8, 4) is 0 Å². The molecule has 3 saturated heterocycles. The maximum atomic E-state index is 15.8. The molecule has 1 saturated carbocycles. The maximum absolute atomic E-state index is 15.8. The van der Waals surface area contributed by atoms with E-state index in [1.807, 2.05) is 63.3 Å². The molecule has 2 aromatic rings. The number of ether oxygens (including phenoxy) is 1. The van der Waals surface area contributed by atoms with Crippen LogP contribution in [0.5, 0.6) is 0 Å². The Morgan fingerprint density at radius 2 is 1.30 bits per heavy atom. The van der Waals surface area contributed by atoms with Crippen LogP contribution in [0, 0.1) is 11.8 Å². The topological polar surface area (TPSA) is 279 Å². The molecule has 6 bridgehead atoms. The van der Waals surface area contributed by atoms with Gasteiger partial charge in [-0.15, -0.1) is 0 Å². The number of hydrogen-bond donors (Lipinski definition) is 3. The van der Waals surface area contributed by atoms with Crippen LogP contribution in [0.3, 0.4) is 0 Å². The first-order valence-electron chi connectivity index (χ1n) is 37.4. The first-order valence-corrected chi connectivity index (χ1v) is 38.2. The van der Waals surface area contributed by atoms with Crippen LogP contribution in [0.15, 0.2) is 60.7 Å². The molecule has 0 aromatic heterocycles. The quantitative estimate of drug-likeness (QED) is 0.216. The minimum Gasteiger partial charge on any atom is -0.377 e. The Bertz CT molecular complexity index is 3500. The van der Waals surface area contributed by atoms with Gasteiger partial charge in [-0.3, -0.25) is 57.5 Å². The third-order valence-corrected chi connectivity index (χ3v) is 23.1. The molecule has 0 radical (unpaired) electrons. The second-order valence-electron chi connectivity index (χ2n) is 29.3. The number of rotatable bonds is 11. The smallest absolute Gasteiger partial charge is 0.248 e. The number of likely N-dealkylation sites (N-methyl/N-ethyl adjacent to an activating group) is 6. The zero-order valence-electron chi connectivity index (χ0n) is 62.7. The van der Waals surface area contributed by atoms with E-state index in [2.05, 4.69) is 16.0 Å². The molecule has 12 amide bonds. The molecule has 9 aliphatic rings. The van der Waals surface area contributed by atoms with Crippen molar-refractivity contribution in [3.63, 3.8) is 0 Å². The van der Waals surface area contributed by atoms with Crippen molar-refractivity contribution >= 4 is 100 Å². The van der Waals surface area contributed by atoms with E-state index in [9.17, 15) is 14.4 Å². The molecular formula is C77H110Cl2N12O13. The van der Waals surface area contributed by atoms with Crippen LogP contribution in [0.2, 0.25) is 10.0 Å². The third kappa shape index (κ3) is 19.6. The summed E-state index contributed by atoms with van der Waals surface area (Å²) >= 11 is 12.8. The molecule has 8 heterocycles. The second-order valence-corrected chi connectivity index (χ2v) is 30.1. The Labute approximate surface area is 623 Å². The fraction of sp³-hybridized carbons (Fsp3) is 0.636. The summed E-state index contributed by atoms with van der Waals surface area (Å²) < 4.78 is 6.13. The van der Waals surface area contributed by atoms with Gasteiger partial charge in [0.1, 0.15) is 53.9 Å². The van der Waals surface area contributed by atoms with Crippen molar-refractivity contribution in [3.05, 3.63) is 87.4 Å². The van der Waals surface area contributed by atoms with Gasteiger partial charge >= 0.3 is 0 Å². The summed E-state index contributed by atoms with van der Waals surface area (Å²) in [5.74, 6) is -8.41. The number of halogens is 2. The number of carbonyl (C=O) groups excluding carboxylic acids is 12. The van der Waals surface area contributed by atoms with E-state index >= 15 is 43.2 Å². The van der Waals surface area contributed by atoms with Crippen molar-refractivity contribution in [2.45, 2.75) is 217 Å². The predicted octanol–water partition coefficient (Wildman–Crippen LogP) is 6.05. The molecular weight excluding hydrogens is 1370 g/mol. The Kier molecular flexibility index (Phi) is 29.4. The summed E-state index contributed by atoms with van der Waals surface area (Å²) in [6.07, 6.45) is 12.1. The number of amides is 12. The lowest BCUT2D eigenvalue weighted by Crippen LogP contribution is -2.68. The number of hydrogen-bond acceptors (Lipinski definition) is 13. The average molecular weight is 1480 g/mol. The lowest BCUT2D eigenvalue weighted by atomic mass is 9.74.